The number of unbranched alkanes of at least 4 members (excludes halogenated alkanes) is 1. The van der Waals surface area contributed by atoms with Gasteiger partial charge in [-0.25, -0.2) is 0 Å². The van der Waals surface area contributed by atoms with Crippen molar-refractivity contribution in [3.63, 3.8) is 0 Å². The van der Waals surface area contributed by atoms with Gasteiger partial charge in [0.2, 0.25) is 5.89 Å². The summed E-state index contributed by atoms with van der Waals surface area (Å²) >= 11 is 0. The molecule has 7 nitrogen and oxygen atoms in total. The van der Waals surface area contributed by atoms with Crippen LogP contribution in [-0.2, 0) is 6.42 Å². The molecule has 1 aliphatic rings. The number of aromatic nitrogens is 2. The van der Waals surface area contributed by atoms with Crippen molar-refractivity contribution in [2.45, 2.75) is 71.8 Å². The highest BCUT2D eigenvalue weighted by Crippen LogP contribution is 2.11. The molecule has 8 heteroatoms. The number of aliphatic imine (C=N–C) groups is 1. The van der Waals surface area contributed by atoms with Gasteiger partial charge in [0.05, 0.1) is 6.54 Å². The van der Waals surface area contributed by atoms with Crippen LogP contribution in [0.1, 0.15) is 71.0 Å². The molecule has 1 aliphatic heterocycles. The van der Waals surface area contributed by atoms with Gasteiger partial charge >= 0.3 is 0 Å². The van der Waals surface area contributed by atoms with Crippen molar-refractivity contribution in [1.29, 1.82) is 0 Å². The number of nitrogens with one attached hydrogen (secondary N) is 2. The molecule has 2 N–H and O–H groups in total. The van der Waals surface area contributed by atoms with Crippen LogP contribution in [0.25, 0.3) is 0 Å². The summed E-state index contributed by atoms with van der Waals surface area (Å²) in [6.45, 7) is 13.6. The highest BCUT2D eigenvalue weighted by molar-refractivity contribution is 14.0. The topological polar surface area (TPSA) is 78.6 Å². The highest BCUT2D eigenvalue weighted by atomic mass is 127. The molecule has 0 amide bonds. The Balaban J connectivity index is 0.00000364. The molecule has 156 valence electrons. The van der Waals surface area contributed by atoms with E-state index in [1.54, 1.807) is 0 Å². The summed E-state index contributed by atoms with van der Waals surface area (Å²) in [6.07, 6.45) is 5.60. The lowest BCUT2D eigenvalue weighted by Gasteiger charge is -2.33. The van der Waals surface area contributed by atoms with Crippen molar-refractivity contribution in [1.82, 2.24) is 25.7 Å². The number of rotatable bonds is 9. The van der Waals surface area contributed by atoms with Crippen molar-refractivity contribution in [3.8, 4) is 0 Å². The highest BCUT2D eigenvalue weighted by Gasteiger charge is 2.19. The summed E-state index contributed by atoms with van der Waals surface area (Å²) in [5.41, 5.74) is 0. The third-order valence-corrected chi connectivity index (χ3v) is 4.70. The minimum absolute atomic E-state index is 0. The molecule has 0 spiro atoms. The maximum absolute atomic E-state index is 5.28. The molecule has 0 unspecified atom stereocenters. The Hall–Kier alpha value is -0.900. The average molecular weight is 492 g/mol. The zero-order chi connectivity index (χ0) is 18.8. The van der Waals surface area contributed by atoms with E-state index in [1.807, 2.05) is 0 Å². The molecule has 1 saturated heterocycles. The van der Waals surface area contributed by atoms with Crippen LogP contribution in [0.3, 0.4) is 0 Å². The predicted octanol–water partition coefficient (Wildman–Crippen LogP) is 3.17. The van der Waals surface area contributed by atoms with Crippen molar-refractivity contribution in [2.75, 3.05) is 32.7 Å². The van der Waals surface area contributed by atoms with E-state index in [2.05, 4.69) is 58.4 Å². The van der Waals surface area contributed by atoms with Gasteiger partial charge < -0.3 is 20.1 Å². The standard InChI is InChI=1S/C19H36N6O.HI/c1-5-7-12-25-13-9-16(10-14-25)22-19(20-6-2)21-11-8-17-23-18(15(3)4)24-26-17;/h15-16H,5-14H2,1-4H3,(H2,20,21,22);1H. The van der Waals surface area contributed by atoms with E-state index in [-0.39, 0.29) is 29.9 Å². The Labute approximate surface area is 181 Å². The molecule has 0 radical (unpaired) electrons. The molecule has 2 heterocycles. The maximum atomic E-state index is 5.28. The van der Waals surface area contributed by atoms with Gasteiger partial charge in [0.25, 0.3) is 0 Å². The fourth-order valence-corrected chi connectivity index (χ4v) is 3.06. The predicted molar refractivity (Wildman–Crippen MR) is 121 cm³/mol. The van der Waals surface area contributed by atoms with Crippen molar-refractivity contribution in [2.24, 2.45) is 4.99 Å². The molecule has 0 aliphatic carbocycles. The van der Waals surface area contributed by atoms with Gasteiger partial charge in [0.15, 0.2) is 11.8 Å². The van der Waals surface area contributed by atoms with Crippen LogP contribution in [-0.4, -0.2) is 59.8 Å². The van der Waals surface area contributed by atoms with Crippen molar-refractivity contribution >= 4 is 29.9 Å². The average Bonchev–Trinajstić information content (AvgIpc) is 3.10. The van der Waals surface area contributed by atoms with Gasteiger partial charge in [-0.3, -0.25) is 4.99 Å². The zero-order valence-electron chi connectivity index (χ0n) is 17.3. The third kappa shape index (κ3) is 8.76. The fourth-order valence-electron chi connectivity index (χ4n) is 3.06. The second kappa shape index (κ2) is 13.3. The van der Waals surface area contributed by atoms with E-state index in [0.717, 1.165) is 18.3 Å². The molecule has 1 aromatic heterocycles. The molecule has 0 atom stereocenters. The summed E-state index contributed by atoms with van der Waals surface area (Å²) < 4.78 is 5.28. The number of halogens is 1. The molecule has 1 aromatic rings. The first kappa shape index (κ1) is 24.1. The van der Waals surface area contributed by atoms with Crippen molar-refractivity contribution in [3.05, 3.63) is 11.7 Å². The van der Waals surface area contributed by atoms with Gasteiger partial charge in [0.1, 0.15) is 0 Å². The quantitative estimate of drug-likeness (QED) is 0.313. The van der Waals surface area contributed by atoms with Gasteiger partial charge in [-0.1, -0.05) is 32.3 Å². The lowest BCUT2D eigenvalue weighted by molar-refractivity contribution is 0.203. The van der Waals surface area contributed by atoms with Gasteiger partial charge in [-0.2, -0.15) is 4.98 Å². The molecule has 0 saturated carbocycles. The maximum Gasteiger partial charge on any atom is 0.228 e. The van der Waals surface area contributed by atoms with E-state index in [9.17, 15) is 0 Å². The van der Waals surface area contributed by atoms with Crippen LogP contribution in [0.15, 0.2) is 9.52 Å². The Kier molecular flexibility index (Phi) is 11.9. The number of guanidine groups is 1. The van der Waals surface area contributed by atoms with Crippen molar-refractivity contribution < 1.29 is 4.52 Å². The first-order valence-corrected chi connectivity index (χ1v) is 10.2. The minimum atomic E-state index is 0. The molecule has 1 fully saturated rings. The molecule has 27 heavy (non-hydrogen) atoms. The van der Waals surface area contributed by atoms with Gasteiger partial charge in [-0.15, -0.1) is 24.0 Å². The molecular formula is C19H37IN6O. The Bertz CT molecular complexity index is 540. The normalized spacial score (nSPS) is 16.4. The molecule has 0 aromatic carbocycles. The zero-order valence-corrected chi connectivity index (χ0v) is 19.7. The SMILES string of the molecule is CCCCN1CCC(NC(=NCCc2nc(C(C)C)no2)NCC)CC1.I. The van der Waals surface area contributed by atoms with Crippen LogP contribution in [0.2, 0.25) is 0 Å². The minimum Gasteiger partial charge on any atom is -0.357 e. The smallest absolute Gasteiger partial charge is 0.228 e. The van der Waals surface area contributed by atoms with Gasteiger partial charge in [0, 0.05) is 38.0 Å². The largest absolute Gasteiger partial charge is 0.357 e. The lowest BCUT2D eigenvalue weighted by atomic mass is 10.0. The van der Waals surface area contributed by atoms with Crippen LogP contribution in [0, 0.1) is 0 Å². The number of piperidine rings is 1. The lowest BCUT2D eigenvalue weighted by Crippen LogP contribution is -2.48. The van der Waals surface area contributed by atoms with Crippen LogP contribution < -0.4 is 10.6 Å². The van der Waals surface area contributed by atoms with E-state index in [1.165, 1.54) is 45.3 Å². The molecular weight excluding hydrogens is 455 g/mol. The van der Waals surface area contributed by atoms with E-state index in [0.29, 0.717) is 24.9 Å². The summed E-state index contributed by atoms with van der Waals surface area (Å²) in [7, 11) is 0. The number of likely N-dealkylation sites (tertiary alicyclic amines) is 1. The fraction of sp³-hybridized carbons (Fsp3) is 0.842. The second-order valence-electron chi connectivity index (χ2n) is 7.33. The van der Waals surface area contributed by atoms with Crippen LogP contribution in [0.4, 0.5) is 0 Å². The number of hydrogen-bond acceptors (Lipinski definition) is 5. The summed E-state index contributed by atoms with van der Waals surface area (Å²) in [4.78, 5) is 11.7. The summed E-state index contributed by atoms with van der Waals surface area (Å²) in [5.74, 6) is 2.61. The van der Waals surface area contributed by atoms with E-state index >= 15 is 0 Å². The van der Waals surface area contributed by atoms with Gasteiger partial charge in [-0.05, 0) is 32.7 Å². The second-order valence-corrected chi connectivity index (χ2v) is 7.33. The Morgan fingerprint density at radius 1 is 1.30 bits per heavy atom. The summed E-state index contributed by atoms with van der Waals surface area (Å²) in [6, 6.07) is 0.502. The number of hydrogen-bond donors (Lipinski definition) is 2. The Morgan fingerprint density at radius 2 is 2.04 bits per heavy atom. The molecule has 0 bridgehead atoms. The monoisotopic (exact) mass is 492 g/mol. The number of nitrogens with zero attached hydrogens (tertiary/aromatic N) is 4. The third-order valence-electron chi connectivity index (χ3n) is 4.70. The first-order valence-electron chi connectivity index (χ1n) is 10.2. The van der Waals surface area contributed by atoms with Crippen LogP contribution in [0.5, 0.6) is 0 Å². The summed E-state index contributed by atoms with van der Waals surface area (Å²) in [5, 5.41) is 10.9. The van der Waals surface area contributed by atoms with E-state index < -0.39 is 0 Å². The first-order chi connectivity index (χ1) is 12.6. The molecule has 2 rings (SSSR count). The van der Waals surface area contributed by atoms with E-state index in [4.69, 9.17) is 4.52 Å². The Morgan fingerprint density at radius 3 is 2.63 bits per heavy atom. The van der Waals surface area contributed by atoms with Crippen LogP contribution >= 0.6 is 24.0 Å².